The predicted octanol–water partition coefficient (Wildman–Crippen LogP) is 8.74. The zero-order valence-corrected chi connectivity index (χ0v) is 25.4. The van der Waals surface area contributed by atoms with Gasteiger partial charge in [-0.3, -0.25) is 9.69 Å². The van der Waals surface area contributed by atoms with Crippen LogP contribution < -0.4 is 15.0 Å². The van der Waals surface area contributed by atoms with Crippen LogP contribution in [0.5, 0.6) is 5.75 Å². The normalized spacial score (nSPS) is 25.3. The zero-order valence-electron chi connectivity index (χ0n) is 25.4. The van der Waals surface area contributed by atoms with Gasteiger partial charge in [-0.1, -0.05) is 69.7 Å². The van der Waals surface area contributed by atoms with Crippen molar-refractivity contribution in [2.24, 2.45) is 17.8 Å². The van der Waals surface area contributed by atoms with E-state index in [-0.39, 0.29) is 18.1 Å². The number of amides is 2. The molecule has 1 heterocycles. The van der Waals surface area contributed by atoms with Gasteiger partial charge in [-0.2, -0.15) is 0 Å². The van der Waals surface area contributed by atoms with E-state index in [4.69, 9.17) is 9.84 Å². The van der Waals surface area contributed by atoms with E-state index < -0.39 is 5.97 Å². The summed E-state index contributed by atoms with van der Waals surface area (Å²) in [5.74, 6) is 1.52. The lowest BCUT2D eigenvalue weighted by Gasteiger charge is -2.36. The first kappa shape index (κ1) is 29.9. The average Bonchev–Trinajstić information content (AvgIpc) is 2.99. The van der Waals surface area contributed by atoms with Gasteiger partial charge in [0.25, 0.3) is 0 Å². The summed E-state index contributed by atoms with van der Waals surface area (Å²) in [4.78, 5) is 26.6. The number of para-hydroxylation sites is 1. The lowest BCUT2D eigenvalue weighted by molar-refractivity contribution is -0.138. The molecule has 3 unspecified atom stereocenters. The smallest absolute Gasteiger partial charge is 0.326 e. The Balaban J connectivity index is 1.32. The number of carbonyl (C=O) groups excluding carboxylic acids is 1. The fraction of sp³-hybridized carbons (Fsp3) is 0.500. The maximum atomic E-state index is 13.6. The van der Waals surface area contributed by atoms with Gasteiger partial charge in [0.15, 0.2) is 0 Å². The summed E-state index contributed by atoms with van der Waals surface area (Å²) in [6.07, 6.45) is 15.3. The van der Waals surface area contributed by atoms with Gasteiger partial charge in [-0.05, 0) is 97.6 Å². The van der Waals surface area contributed by atoms with Crippen molar-refractivity contribution in [2.45, 2.75) is 90.6 Å². The fourth-order valence-electron chi connectivity index (χ4n) is 6.97. The number of allylic oxidation sites excluding steroid dienone is 4. The molecule has 2 amide bonds. The van der Waals surface area contributed by atoms with Crippen molar-refractivity contribution in [2.75, 3.05) is 16.8 Å². The summed E-state index contributed by atoms with van der Waals surface area (Å²) in [7, 11) is 0. The van der Waals surface area contributed by atoms with Gasteiger partial charge in [0.2, 0.25) is 0 Å². The number of rotatable bonds is 9. The van der Waals surface area contributed by atoms with Crippen molar-refractivity contribution in [1.29, 1.82) is 0 Å². The molecule has 224 valence electrons. The van der Waals surface area contributed by atoms with Gasteiger partial charge < -0.3 is 15.2 Å². The van der Waals surface area contributed by atoms with Crippen LogP contribution >= 0.6 is 0 Å². The first-order valence-corrected chi connectivity index (χ1v) is 15.9. The molecular formula is C36H46N2O4. The molecule has 1 aliphatic heterocycles. The van der Waals surface area contributed by atoms with Gasteiger partial charge in [0.05, 0.1) is 12.2 Å². The number of nitrogens with one attached hydrogen (secondary N) is 1. The Morgan fingerprint density at radius 3 is 2.57 bits per heavy atom. The molecule has 0 spiro atoms. The van der Waals surface area contributed by atoms with Crippen LogP contribution in [0.4, 0.5) is 16.2 Å². The molecule has 42 heavy (non-hydrogen) atoms. The third kappa shape index (κ3) is 6.91. The number of carbonyl (C=O) groups is 2. The zero-order chi connectivity index (χ0) is 29.6. The van der Waals surface area contributed by atoms with Crippen LogP contribution in [0.2, 0.25) is 0 Å². The molecule has 2 N–H and O–H groups in total. The van der Waals surface area contributed by atoms with Crippen molar-refractivity contribution < 1.29 is 19.4 Å². The van der Waals surface area contributed by atoms with Gasteiger partial charge in [-0.15, -0.1) is 0 Å². The van der Waals surface area contributed by atoms with Crippen LogP contribution in [-0.2, 0) is 11.2 Å². The molecule has 6 nitrogen and oxygen atoms in total. The number of anilines is 2. The molecule has 2 aromatic rings. The highest BCUT2D eigenvalue weighted by Gasteiger charge is 2.32. The lowest BCUT2D eigenvalue weighted by Crippen LogP contribution is -2.45. The first-order chi connectivity index (χ1) is 20.4. The van der Waals surface area contributed by atoms with E-state index in [1.54, 1.807) is 0 Å². The molecule has 2 aromatic carbocycles. The van der Waals surface area contributed by atoms with E-state index in [1.807, 2.05) is 23.1 Å². The SMILES string of the molecule is CCCCC1CN(C(=O)Nc2ccccc2CC)c2ccc(C3C=CC(C4CCC(CC(=O)O)CC4)=CC3C)cc2O1. The van der Waals surface area contributed by atoms with Crippen LogP contribution in [-0.4, -0.2) is 29.8 Å². The second kappa shape index (κ2) is 13.6. The second-order valence-corrected chi connectivity index (χ2v) is 12.4. The van der Waals surface area contributed by atoms with Gasteiger partial charge in [0.1, 0.15) is 11.9 Å². The van der Waals surface area contributed by atoms with E-state index >= 15 is 0 Å². The van der Waals surface area contributed by atoms with Crippen molar-refractivity contribution >= 4 is 23.4 Å². The quantitative estimate of drug-likeness (QED) is 0.316. The maximum Gasteiger partial charge on any atom is 0.326 e. The number of nitrogens with zero attached hydrogens (tertiary/aromatic N) is 1. The third-order valence-corrected chi connectivity index (χ3v) is 9.40. The number of ether oxygens (including phenoxy) is 1. The van der Waals surface area contributed by atoms with E-state index in [1.165, 1.54) is 11.1 Å². The third-order valence-electron chi connectivity index (χ3n) is 9.40. The lowest BCUT2D eigenvalue weighted by atomic mass is 9.73. The minimum atomic E-state index is -0.678. The second-order valence-electron chi connectivity index (χ2n) is 12.4. The Morgan fingerprint density at radius 1 is 1.07 bits per heavy atom. The molecule has 0 bridgehead atoms. The standard InChI is InChI=1S/C36H46N2O4/c1-4-6-10-30-23-38(36(41)37-32-11-8-7-9-26(32)5-2)33-19-17-29(22-34(33)42-30)31-18-16-28(20-24(31)3)27-14-12-25(13-15-27)21-35(39)40/h7-9,11,16-20,22,24-25,27,30-31H,4-6,10,12-15,21,23H2,1-3H3,(H,37,41)(H,39,40). The van der Waals surface area contributed by atoms with Crippen LogP contribution in [0.1, 0.15) is 89.2 Å². The Bertz CT molecular complexity index is 1320. The number of carboxylic acids is 1. The van der Waals surface area contributed by atoms with Gasteiger partial charge in [-0.25, -0.2) is 4.79 Å². The number of benzene rings is 2. The van der Waals surface area contributed by atoms with E-state index in [2.05, 4.69) is 68.6 Å². The number of carboxylic acid groups (broad SMARTS) is 1. The summed E-state index contributed by atoms with van der Waals surface area (Å²) in [5, 5.41) is 12.3. The molecule has 3 aliphatic rings. The molecule has 6 heteroatoms. The summed E-state index contributed by atoms with van der Waals surface area (Å²) in [5.41, 5.74) is 5.40. The molecule has 0 radical (unpaired) electrons. The summed E-state index contributed by atoms with van der Waals surface area (Å²) < 4.78 is 6.53. The number of urea groups is 1. The highest BCUT2D eigenvalue weighted by atomic mass is 16.5. The number of aryl methyl sites for hydroxylation is 1. The summed E-state index contributed by atoms with van der Waals surface area (Å²) >= 11 is 0. The van der Waals surface area contributed by atoms with Crippen molar-refractivity contribution in [3.05, 3.63) is 77.4 Å². The monoisotopic (exact) mass is 570 g/mol. The summed E-state index contributed by atoms with van der Waals surface area (Å²) in [6.45, 7) is 7.09. The molecule has 1 saturated carbocycles. The number of hydrogen-bond acceptors (Lipinski definition) is 3. The molecule has 1 fully saturated rings. The fourth-order valence-corrected chi connectivity index (χ4v) is 6.97. The minimum Gasteiger partial charge on any atom is -0.486 e. The molecular weight excluding hydrogens is 524 g/mol. The largest absolute Gasteiger partial charge is 0.486 e. The van der Waals surface area contributed by atoms with Crippen molar-refractivity contribution in [3.63, 3.8) is 0 Å². The van der Waals surface area contributed by atoms with Crippen molar-refractivity contribution in [3.8, 4) is 5.75 Å². The predicted molar refractivity (Wildman–Crippen MR) is 169 cm³/mol. The van der Waals surface area contributed by atoms with Crippen LogP contribution in [0, 0.1) is 17.8 Å². The highest BCUT2D eigenvalue weighted by molar-refractivity contribution is 6.03. The highest BCUT2D eigenvalue weighted by Crippen LogP contribution is 2.43. The topological polar surface area (TPSA) is 78.9 Å². The van der Waals surface area contributed by atoms with E-state index in [0.717, 1.165) is 74.1 Å². The number of fused-ring (bicyclic) bond motifs is 1. The molecule has 0 aromatic heterocycles. The van der Waals surface area contributed by atoms with E-state index in [9.17, 15) is 9.59 Å². The number of hydrogen-bond donors (Lipinski definition) is 2. The van der Waals surface area contributed by atoms with Crippen LogP contribution in [0.15, 0.2) is 66.3 Å². The Morgan fingerprint density at radius 2 is 1.86 bits per heavy atom. The van der Waals surface area contributed by atoms with Crippen LogP contribution in [0.25, 0.3) is 0 Å². The molecule has 2 aliphatic carbocycles. The van der Waals surface area contributed by atoms with Gasteiger partial charge >= 0.3 is 12.0 Å². The maximum absolute atomic E-state index is 13.6. The Kier molecular flexibility index (Phi) is 9.71. The number of aliphatic carboxylic acids is 1. The minimum absolute atomic E-state index is 0.0399. The Labute approximate surface area is 250 Å². The first-order valence-electron chi connectivity index (χ1n) is 15.9. The number of unbranched alkanes of at least 4 members (excludes halogenated alkanes) is 1. The van der Waals surface area contributed by atoms with Crippen molar-refractivity contribution in [1.82, 2.24) is 0 Å². The van der Waals surface area contributed by atoms with E-state index in [0.29, 0.717) is 30.7 Å². The summed E-state index contributed by atoms with van der Waals surface area (Å²) in [6, 6.07) is 14.2. The Hall–Kier alpha value is -3.54. The van der Waals surface area contributed by atoms with Crippen LogP contribution in [0.3, 0.4) is 0 Å². The van der Waals surface area contributed by atoms with Gasteiger partial charge in [0, 0.05) is 18.0 Å². The molecule has 5 rings (SSSR count). The molecule has 3 atom stereocenters. The molecule has 0 saturated heterocycles. The average molecular weight is 571 g/mol.